The van der Waals surface area contributed by atoms with Gasteiger partial charge in [-0.25, -0.2) is 0 Å². The average molecular weight is 244 g/mol. The third kappa shape index (κ3) is 2.04. The van der Waals surface area contributed by atoms with Gasteiger partial charge in [0.05, 0.1) is 4.88 Å². The van der Waals surface area contributed by atoms with E-state index in [1.54, 1.807) is 0 Å². The first kappa shape index (κ1) is 11.0. The molecule has 1 aliphatic rings. The van der Waals surface area contributed by atoms with Crippen LogP contribution in [0.3, 0.4) is 0 Å². The van der Waals surface area contributed by atoms with Gasteiger partial charge in [-0.1, -0.05) is 0 Å². The number of rotatable bonds is 2. The molecule has 1 saturated heterocycles. The van der Waals surface area contributed by atoms with Gasteiger partial charge in [-0.3, -0.25) is 4.79 Å². The van der Waals surface area contributed by atoms with Crippen LogP contribution in [0.25, 0.3) is 0 Å². The highest BCUT2D eigenvalue weighted by molar-refractivity contribution is 7.12. The molecular weight excluding hydrogens is 230 g/mol. The number of alkyl halides is 1. The zero-order valence-corrected chi connectivity index (χ0v) is 10.3. The number of halogens is 1. The molecule has 0 bridgehead atoms. The van der Waals surface area contributed by atoms with E-state index in [-0.39, 0.29) is 11.9 Å². The molecule has 4 heteroatoms. The van der Waals surface area contributed by atoms with Crippen molar-refractivity contribution in [3.8, 4) is 0 Å². The van der Waals surface area contributed by atoms with Crippen LogP contribution >= 0.6 is 22.9 Å². The standard InChI is InChI=1S/C11H14ClNOS/c1-8-4-6-15-10(8)11(14)13-5-2-3-9(13)7-12/h4,6,9H,2-3,5,7H2,1H3. The van der Waals surface area contributed by atoms with E-state index in [0.29, 0.717) is 5.88 Å². The molecule has 1 amide bonds. The number of thiophene rings is 1. The Balaban J connectivity index is 2.18. The Morgan fingerprint density at radius 1 is 1.73 bits per heavy atom. The van der Waals surface area contributed by atoms with Crippen LogP contribution in [0.4, 0.5) is 0 Å². The second kappa shape index (κ2) is 4.54. The van der Waals surface area contributed by atoms with Crippen LogP contribution in [0.1, 0.15) is 28.1 Å². The molecule has 0 saturated carbocycles. The van der Waals surface area contributed by atoms with Crippen molar-refractivity contribution in [2.75, 3.05) is 12.4 Å². The highest BCUT2D eigenvalue weighted by Crippen LogP contribution is 2.24. The molecule has 0 aliphatic carbocycles. The fraction of sp³-hybridized carbons (Fsp3) is 0.545. The van der Waals surface area contributed by atoms with Gasteiger partial charge in [-0.15, -0.1) is 22.9 Å². The van der Waals surface area contributed by atoms with E-state index in [4.69, 9.17) is 11.6 Å². The first-order valence-electron chi connectivity index (χ1n) is 5.15. The minimum absolute atomic E-state index is 0.158. The van der Waals surface area contributed by atoms with Crippen molar-refractivity contribution in [3.63, 3.8) is 0 Å². The molecule has 0 aromatic carbocycles. The molecule has 2 nitrogen and oxygen atoms in total. The smallest absolute Gasteiger partial charge is 0.264 e. The van der Waals surface area contributed by atoms with E-state index in [2.05, 4.69) is 0 Å². The Labute approximate surface area is 98.8 Å². The summed E-state index contributed by atoms with van der Waals surface area (Å²) in [6.07, 6.45) is 2.12. The van der Waals surface area contributed by atoms with Gasteiger partial charge in [0, 0.05) is 18.5 Å². The molecule has 1 aromatic heterocycles. The minimum Gasteiger partial charge on any atom is -0.334 e. The van der Waals surface area contributed by atoms with Crippen LogP contribution in [-0.4, -0.2) is 29.3 Å². The molecule has 2 heterocycles. The van der Waals surface area contributed by atoms with Gasteiger partial charge in [-0.2, -0.15) is 0 Å². The molecule has 0 spiro atoms. The van der Waals surface area contributed by atoms with Crippen LogP contribution in [0.15, 0.2) is 11.4 Å². The minimum atomic E-state index is 0.158. The van der Waals surface area contributed by atoms with Crippen LogP contribution in [-0.2, 0) is 0 Å². The highest BCUT2D eigenvalue weighted by Gasteiger charge is 2.29. The summed E-state index contributed by atoms with van der Waals surface area (Å²) in [5.41, 5.74) is 1.07. The quantitative estimate of drug-likeness (QED) is 0.732. The Morgan fingerprint density at radius 2 is 2.53 bits per heavy atom. The van der Waals surface area contributed by atoms with Gasteiger partial charge in [0.1, 0.15) is 0 Å². The summed E-state index contributed by atoms with van der Waals surface area (Å²) < 4.78 is 0. The first-order valence-corrected chi connectivity index (χ1v) is 6.56. The molecule has 2 rings (SSSR count). The van der Waals surface area contributed by atoms with E-state index in [1.165, 1.54) is 11.3 Å². The zero-order chi connectivity index (χ0) is 10.8. The van der Waals surface area contributed by atoms with Crippen molar-refractivity contribution in [3.05, 3.63) is 21.9 Å². The lowest BCUT2D eigenvalue weighted by Crippen LogP contribution is -2.36. The molecule has 1 unspecified atom stereocenters. The van der Waals surface area contributed by atoms with Crippen LogP contribution in [0.5, 0.6) is 0 Å². The molecule has 1 aliphatic heterocycles. The third-order valence-corrected chi connectivity index (χ3v) is 4.23. The monoisotopic (exact) mass is 243 g/mol. The average Bonchev–Trinajstić information content (AvgIpc) is 2.84. The Bertz CT molecular complexity index is 363. The molecule has 82 valence electrons. The molecule has 0 N–H and O–H groups in total. The summed E-state index contributed by atoms with van der Waals surface area (Å²) in [5.74, 6) is 0.710. The van der Waals surface area contributed by atoms with E-state index in [1.807, 2.05) is 23.3 Å². The Hall–Kier alpha value is -0.540. The number of hydrogen-bond acceptors (Lipinski definition) is 2. The lowest BCUT2D eigenvalue weighted by Gasteiger charge is -2.22. The number of carbonyl (C=O) groups excluding carboxylic acids is 1. The number of likely N-dealkylation sites (tertiary alicyclic amines) is 1. The molecule has 1 fully saturated rings. The second-order valence-electron chi connectivity index (χ2n) is 3.88. The summed E-state index contributed by atoms with van der Waals surface area (Å²) >= 11 is 7.38. The molecule has 1 atom stereocenters. The zero-order valence-electron chi connectivity index (χ0n) is 8.70. The third-order valence-electron chi connectivity index (χ3n) is 2.87. The van der Waals surface area contributed by atoms with Gasteiger partial charge in [0.25, 0.3) is 5.91 Å². The first-order chi connectivity index (χ1) is 7.24. The van der Waals surface area contributed by atoms with E-state index in [9.17, 15) is 4.79 Å². The lowest BCUT2D eigenvalue weighted by atomic mass is 10.2. The summed E-state index contributed by atoms with van der Waals surface area (Å²) in [7, 11) is 0. The molecule has 1 aromatic rings. The number of hydrogen-bond donors (Lipinski definition) is 0. The molecule has 0 radical (unpaired) electrons. The van der Waals surface area contributed by atoms with Crippen molar-refractivity contribution in [1.82, 2.24) is 4.90 Å². The lowest BCUT2D eigenvalue weighted by molar-refractivity contribution is 0.0753. The highest BCUT2D eigenvalue weighted by atomic mass is 35.5. The second-order valence-corrected chi connectivity index (χ2v) is 5.11. The van der Waals surface area contributed by atoms with Gasteiger partial charge in [-0.05, 0) is 36.8 Å². The predicted octanol–water partition coefficient (Wildman–Crippen LogP) is 2.90. The molecule has 15 heavy (non-hydrogen) atoms. The van der Waals surface area contributed by atoms with Crippen molar-refractivity contribution >= 4 is 28.8 Å². The SMILES string of the molecule is Cc1ccsc1C(=O)N1CCCC1CCl. The van der Waals surface area contributed by atoms with E-state index in [0.717, 1.165) is 29.8 Å². The van der Waals surface area contributed by atoms with Gasteiger partial charge < -0.3 is 4.90 Å². The van der Waals surface area contributed by atoms with Crippen LogP contribution < -0.4 is 0 Å². The van der Waals surface area contributed by atoms with Crippen molar-refractivity contribution in [2.24, 2.45) is 0 Å². The Morgan fingerprint density at radius 3 is 3.13 bits per heavy atom. The summed E-state index contributed by atoms with van der Waals surface area (Å²) in [6, 6.07) is 2.23. The van der Waals surface area contributed by atoms with Gasteiger partial charge in [0.2, 0.25) is 0 Å². The normalized spacial score (nSPS) is 20.9. The van der Waals surface area contributed by atoms with E-state index >= 15 is 0 Å². The summed E-state index contributed by atoms with van der Waals surface area (Å²) in [5, 5.41) is 1.97. The van der Waals surface area contributed by atoms with Crippen LogP contribution in [0.2, 0.25) is 0 Å². The van der Waals surface area contributed by atoms with Crippen molar-refractivity contribution in [2.45, 2.75) is 25.8 Å². The number of carbonyl (C=O) groups is 1. The summed E-state index contributed by atoms with van der Waals surface area (Å²) in [4.78, 5) is 15.0. The van der Waals surface area contributed by atoms with Gasteiger partial charge in [0.15, 0.2) is 0 Å². The Kier molecular flexibility index (Phi) is 3.32. The number of aryl methyl sites for hydroxylation is 1. The van der Waals surface area contributed by atoms with E-state index < -0.39 is 0 Å². The van der Waals surface area contributed by atoms with Crippen molar-refractivity contribution in [1.29, 1.82) is 0 Å². The predicted molar refractivity (Wildman–Crippen MR) is 63.8 cm³/mol. The topological polar surface area (TPSA) is 20.3 Å². The molecular formula is C11H14ClNOS. The fourth-order valence-corrected chi connectivity index (χ4v) is 3.19. The maximum atomic E-state index is 12.2. The number of amides is 1. The summed E-state index contributed by atoms with van der Waals surface area (Å²) in [6.45, 7) is 2.84. The van der Waals surface area contributed by atoms with Gasteiger partial charge >= 0.3 is 0 Å². The fourth-order valence-electron chi connectivity index (χ4n) is 1.99. The van der Waals surface area contributed by atoms with Crippen molar-refractivity contribution < 1.29 is 4.79 Å². The largest absolute Gasteiger partial charge is 0.334 e. The number of nitrogens with zero attached hydrogens (tertiary/aromatic N) is 1. The maximum Gasteiger partial charge on any atom is 0.264 e. The van der Waals surface area contributed by atoms with Crippen LogP contribution in [0, 0.1) is 6.92 Å². The maximum absolute atomic E-state index is 12.2.